The van der Waals surface area contributed by atoms with Gasteiger partial charge in [-0.2, -0.15) is 0 Å². The predicted octanol–water partition coefficient (Wildman–Crippen LogP) is 2.44. The van der Waals surface area contributed by atoms with Gasteiger partial charge in [0.25, 0.3) is 5.91 Å². The fourth-order valence-corrected chi connectivity index (χ4v) is 2.27. The van der Waals surface area contributed by atoms with E-state index in [1.165, 1.54) is 5.56 Å². The lowest BCUT2D eigenvalue weighted by atomic mass is 10.0. The van der Waals surface area contributed by atoms with E-state index >= 15 is 0 Å². The van der Waals surface area contributed by atoms with Gasteiger partial charge in [-0.3, -0.25) is 4.79 Å². The van der Waals surface area contributed by atoms with Crippen LogP contribution in [0.3, 0.4) is 0 Å². The minimum Gasteiger partial charge on any atom is -0.463 e. The predicted molar refractivity (Wildman–Crippen MR) is 87.9 cm³/mol. The van der Waals surface area contributed by atoms with Crippen molar-refractivity contribution in [2.24, 2.45) is 0 Å². The highest BCUT2D eigenvalue weighted by molar-refractivity contribution is 5.93. The minimum atomic E-state index is -0.158. The molecule has 0 saturated carbocycles. The van der Waals surface area contributed by atoms with Crippen LogP contribution in [-0.2, 0) is 11.3 Å². The van der Waals surface area contributed by atoms with Crippen LogP contribution in [0.2, 0.25) is 0 Å². The normalized spacial score (nSPS) is 13.9. The Kier molecular flexibility index (Phi) is 5.39. The number of rotatable bonds is 6. The fraction of sp³-hybridized carbons (Fsp3) is 0.389. The third-order valence-electron chi connectivity index (χ3n) is 4.01. The third kappa shape index (κ3) is 4.21. The number of carbonyl (C=O) groups excluding carboxylic acids is 1. The summed E-state index contributed by atoms with van der Waals surface area (Å²) in [6.45, 7) is 6.93. The molecule has 1 unspecified atom stereocenters. The molecule has 1 amide bonds. The van der Waals surface area contributed by atoms with Crippen molar-refractivity contribution in [1.29, 1.82) is 0 Å². The quantitative estimate of drug-likeness (QED) is 0.861. The molecule has 2 rings (SSSR count). The number of furan rings is 1. The summed E-state index contributed by atoms with van der Waals surface area (Å²) in [6.07, 6.45) is 1.66. The topological polar surface area (TPSA) is 46.7 Å². The number of nitrogens with one attached hydrogen (secondary N) is 2. The van der Waals surface area contributed by atoms with Gasteiger partial charge < -0.3 is 14.6 Å². The van der Waals surface area contributed by atoms with Crippen molar-refractivity contribution in [2.45, 2.75) is 39.3 Å². The number of likely N-dealkylation sites (N-methyl/N-ethyl adjacent to an activating group) is 1. The molecule has 0 aliphatic rings. The van der Waals surface area contributed by atoms with Crippen LogP contribution >= 0.6 is 0 Å². The molecule has 2 N–H and O–H groups in total. The van der Waals surface area contributed by atoms with Crippen molar-refractivity contribution in [3.8, 4) is 0 Å². The van der Waals surface area contributed by atoms with Crippen LogP contribution < -0.4 is 10.2 Å². The Labute approximate surface area is 132 Å². The number of benzene rings is 1. The number of hydrogen-bond acceptors (Lipinski definition) is 2. The smallest absolute Gasteiger partial charge is 0.282 e. The van der Waals surface area contributed by atoms with E-state index < -0.39 is 0 Å². The molecule has 2 aromatic rings. The standard InChI is InChI=1S/C18H24N2O2/c1-13(2)15-7-9-16(10-8-15)19-18(21)14(3)20(4)12-17-6-5-11-22-17/h5-11,13-14H,12H2,1-4H3,(H,19,21)/p+1/t14-/m0/s1. The van der Waals surface area contributed by atoms with Crippen LogP contribution in [0.15, 0.2) is 47.1 Å². The van der Waals surface area contributed by atoms with Gasteiger partial charge in [0.15, 0.2) is 11.8 Å². The molecule has 0 aliphatic heterocycles. The lowest BCUT2D eigenvalue weighted by Crippen LogP contribution is -3.12. The summed E-state index contributed by atoms with van der Waals surface area (Å²) in [4.78, 5) is 13.4. The molecule has 0 radical (unpaired) electrons. The Morgan fingerprint density at radius 3 is 2.41 bits per heavy atom. The Bertz CT molecular complexity index is 588. The molecule has 2 atom stereocenters. The summed E-state index contributed by atoms with van der Waals surface area (Å²) >= 11 is 0. The van der Waals surface area contributed by atoms with E-state index in [-0.39, 0.29) is 11.9 Å². The van der Waals surface area contributed by atoms with Gasteiger partial charge in [0.2, 0.25) is 0 Å². The molecular formula is C18H25N2O2+. The largest absolute Gasteiger partial charge is 0.463 e. The van der Waals surface area contributed by atoms with Gasteiger partial charge in [-0.25, -0.2) is 0 Å². The van der Waals surface area contributed by atoms with Crippen molar-refractivity contribution < 1.29 is 14.1 Å². The Morgan fingerprint density at radius 2 is 1.86 bits per heavy atom. The zero-order valence-corrected chi connectivity index (χ0v) is 13.7. The highest BCUT2D eigenvalue weighted by Gasteiger charge is 2.22. The molecule has 118 valence electrons. The monoisotopic (exact) mass is 301 g/mol. The molecule has 1 aromatic heterocycles. The van der Waals surface area contributed by atoms with E-state index in [1.54, 1.807) is 6.26 Å². The summed E-state index contributed by atoms with van der Waals surface area (Å²) in [5.41, 5.74) is 2.11. The second-order valence-electron chi connectivity index (χ2n) is 6.09. The molecule has 0 spiro atoms. The molecule has 0 saturated heterocycles. The molecule has 4 nitrogen and oxygen atoms in total. The summed E-state index contributed by atoms with van der Waals surface area (Å²) in [5, 5.41) is 2.98. The number of amides is 1. The van der Waals surface area contributed by atoms with E-state index in [0.29, 0.717) is 12.5 Å². The van der Waals surface area contributed by atoms with Crippen LogP contribution in [0.5, 0.6) is 0 Å². The van der Waals surface area contributed by atoms with Crippen molar-refractivity contribution in [3.05, 3.63) is 54.0 Å². The molecule has 22 heavy (non-hydrogen) atoms. The van der Waals surface area contributed by atoms with Crippen LogP contribution in [0.4, 0.5) is 5.69 Å². The molecule has 4 heteroatoms. The van der Waals surface area contributed by atoms with Crippen LogP contribution in [-0.4, -0.2) is 19.0 Å². The summed E-state index contributed by atoms with van der Waals surface area (Å²) in [5.74, 6) is 1.40. The van der Waals surface area contributed by atoms with Gasteiger partial charge in [-0.05, 0) is 42.7 Å². The van der Waals surface area contributed by atoms with Gasteiger partial charge in [0, 0.05) is 5.69 Å². The lowest BCUT2D eigenvalue weighted by Gasteiger charge is -2.20. The maximum atomic E-state index is 12.3. The molecular weight excluding hydrogens is 276 g/mol. The van der Waals surface area contributed by atoms with Gasteiger partial charge in [-0.15, -0.1) is 0 Å². The average Bonchev–Trinajstić information content (AvgIpc) is 2.99. The average molecular weight is 301 g/mol. The first-order valence-electron chi connectivity index (χ1n) is 7.73. The Morgan fingerprint density at radius 1 is 1.18 bits per heavy atom. The van der Waals surface area contributed by atoms with Crippen molar-refractivity contribution in [2.75, 3.05) is 12.4 Å². The highest BCUT2D eigenvalue weighted by Crippen LogP contribution is 2.17. The second-order valence-corrected chi connectivity index (χ2v) is 6.09. The number of anilines is 1. The van der Waals surface area contributed by atoms with Crippen molar-refractivity contribution in [1.82, 2.24) is 0 Å². The van der Waals surface area contributed by atoms with Crippen LogP contribution in [0.1, 0.15) is 38.0 Å². The first-order valence-corrected chi connectivity index (χ1v) is 7.73. The van der Waals surface area contributed by atoms with Gasteiger partial charge >= 0.3 is 0 Å². The van der Waals surface area contributed by atoms with E-state index in [0.717, 1.165) is 16.3 Å². The lowest BCUT2D eigenvalue weighted by molar-refractivity contribution is -0.908. The van der Waals surface area contributed by atoms with Crippen LogP contribution in [0, 0.1) is 0 Å². The van der Waals surface area contributed by atoms with Crippen molar-refractivity contribution in [3.63, 3.8) is 0 Å². The number of carbonyl (C=O) groups is 1. The zero-order chi connectivity index (χ0) is 16.1. The highest BCUT2D eigenvalue weighted by atomic mass is 16.3. The number of hydrogen-bond donors (Lipinski definition) is 2. The van der Waals surface area contributed by atoms with E-state index in [9.17, 15) is 4.79 Å². The van der Waals surface area contributed by atoms with Crippen molar-refractivity contribution >= 4 is 11.6 Å². The maximum Gasteiger partial charge on any atom is 0.282 e. The third-order valence-corrected chi connectivity index (χ3v) is 4.01. The molecule has 1 aromatic carbocycles. The fourth-order valence-electron chi connectivity index (χ4n) is 2.27. The van der Waals surface area contributed by atoms with E-state index in [1.807, 2.05) is 38.2 Å². The second kappa shape index (κ2) is 7.27. The van der Waals surface area contributed by atoms with E-state index in [4.69, 9.17) is 4.42 Å². The number of quaternary nitrogens is 1. The first-order chi connectivity index (χ1) is 10.5. The zero-order valence-electron chi connectivity index (χ0n) is 13.7. The molecule has 0 bridgehead atoms. The summed E-state index contributed by atoms with van der Waals surface area (Å²) in [7, 11) is 1.99. The summed E-state index contributed by atoms with van der Waals surface area (Å²) < 4.78 is 5.34. The van der Waals surface area contributed by atoms with Gasteiger partial charge in [0.05, 0.1) is 13.3 Å². The van der Waals surface area contributed by atoms with Gasteiger partial charge in [0.1, 0.15) is 6.54 Å². The summed E-state index contributed by atoms with van der Waals surface area (Å²) in [6, 6.07) is 11.7. The van der Waals surface area contributed by atoms with E-state index in [2.05, 4.69) is 31.3 Å². The van der Waals surface area contributed by atoms with Crippen LogP contribution in [0.25, 0.3) is 0 Å². The Hall–Kier alpha value is -2.07. The molecule has 1 heterocycles. The Balaban J connectivity index is 1.92. The molecule has 0 aliphatic carbocycles. The minimum absolute atomic E-state index is 0.0151. The SMILES string of the molecule is CC(C)c1ccc(NC(=O)[C@H](C)[NH+](C)Cc2ccco2)cc1. The van der Waals surface area contributed by atoms with Gasteiger partial charge in [-0.1, -0.05) is 26.0 Å². The molecule has 0 fully saturated rings. The maximum absolute atomic E-state index is 12.3. The first kappa shape index (κ1) is 16.3.